The standard InChI is InChI=1S/C15F25IO3S/c16-1-2(17)4(19)6(5(20)3(1)18)41(44-45(42,43)15(38,39)40)14(36,37)12(31,32)10(27,28)8(23,24)7(21,22)9(25,26)11(29,30)13(33,34)35/q+1. The van der Waals surface area contributed by atoms with Crippen molar-refractivity contribution in [2.24, 2.45) is 0 Å². The molecule has 1 rings (SSSR count). The van der Waals surface area contributed by atoms with Gasteiger partial charge in [0, 0.05) is 0 Å². The van der Waals surface area contributed by atoms with Gasteiger partial charge in [0.25, 0.3) is 3.57 Å². The van der Waals surface area contributed by atoms with E-state index in [1.165, 1.54) is 0 Å². The summed E-state index contributed by atoms with van der Waals surface area (Å²) in [5.74, 6) is -74.2. The molecule has 0 bridgehead atoms. The van der Waals surface area contributed by atoms with Crippen molar-refractivity contribution < 1.29 is 141 Å². The Bertz CT molecular complexity index is 1380. The van der Waals surface area contributed by atoms with Crippen molar-refractivity contribution in [3.63, 3.8) is 0 Å². The lowest BCUT2D eigenvalue weighted by molar-refractivity contribution is -1.13. The maximum absolute atomic E-state index is 14.6. The average molecular weight is 862 g/mol. The molecule has 0 spiro atoms. The summed E-state index contributed by atoms with van der Waals surface area (Å²) in [5, 5.41) is 0. The molecule has 0 atom stereocenters. The van der Waals surface area contributed by atoms with E-state index >= 15 is 0 Å². The van der Waals surface area contributed by atoms with Gasteiger partial charge in [-0.05, 0) is 2.51 Å². The van der Waals surface area contributed by atoms with Gasteiger partial charge in [-0.3, -0.25) is 0 Å². The normalized spacial score (nSPS) is 15.7. The molecular formula is C15F25IO3S+. The Morgan fingerprint density at radius 1 is 0.422 bits per heavy atom. The van der Waals surface area contributed by atoms with Crippen LogP contribution in [0.3, 0.4) is 0 Å². The first kappa shape index (κ1) is 41.1. The molecule has 0 unspecified atom stereocenters. The minimum Gasteiger partial charge on any atom is -0.200 e. The molecule has 30 heteroatoms. The van der Waals surface area contributed by atoms with Crippen LogP contribution < -0.4 is 20.2 Å². The van der Waals surface area contributed by atoms with E-state index in [0.717, 1.165) is 0 Å². The van der Waals surface area contributed by atoms with Crippen LogP contribution in [0.4, 0.5) is 110 Å². The number of benzene rings is 1. The van der Waals surface area contributed by atoms with Gasteiger partial charge in [0.15, 0.2) is 0 Å². The Balaban J connectivity index is 4.24. The summed E-state index contributed by atoms with van der Waals surface area (Å²) >= 11 is -8.76. The van der Waals surface area contributed by atoms with Gasteiger partial charge in [0.05, 0.1) is 0 Å². The van der Waals surface area contributed by atoms with Crippen LogP contribution in [0.1, 0.15) is 0 Å². The zero-order valence-corrected chi connectivity index (χ0v) is 21.9. The largest absolute Gasteiger partial charge is 0.526 e. The van der Waals surface area contributed by atoms with Gasteiger partial charge in [-0.15, -0.1) is 0 Å². The van der Waals surface area contributed by atoms with Gasteiger partial charge in [0.1, 0.15) is 0 Å². The molecular weight excluding hydrogens is 862 g/mol. The van der Waals surface area contributed by atoms with E-state index in [9.17, 15) is 118 Å². The predicted molar refractivity (Wildman–Crippen MR) is 81.7 cm³/mol. The summed E-state index contributed by atoms with van der Waals surface area (Å²) in [5.41, 5.74) is -7.34. The quantitative estimate of drug-likeness (QED) is 0.0839. The van der Waals surface area contributed by atoms with Gasteiger partial charge in [0.2, 0.25) is 29.1 Å². The van der Waals surface area contributed by atoms with Crippen molar-refractivity contribution in [2.45, 2.75) is 51.1 Å². The summed E-state index contributed by atoms with van der Waals surface area (Å²) in [6.45, 7) is 0. The lowest BCUT2D eigenvalue weighted by Crippen LogP contribution is -3.91. The Kier molecular flexibility index (Phi) is 10.1. The summed E-state index contributed by atoms with van der Waals surface area (Å²) in [6.07, 6.45) is -8.16. The highest BCUT2D eigenvalue weighted by Gasteiger charge is 2.98. The van der Waals surface area contributed by atoms with Crippen LogP contribution in [-0.2, 0) is 12.6 Å². The molecule has 0 saturated carbocycles. The van der Waals surface area contributed by atoms with Crippen molar-refractivity contribution in [2.75, 3.05) is 0 Å². The number of hydrogen-bond acceptors (Lipinski definition) is 3. The molecule has 1 radical (unpaired) electrons. The maximum atomic E-state index is 14.6. The molecule has 0 N–H and O–H groups in total. The van der Waals surface area contributed by atoms with Crippen LogP contribution in [0, 0.1) is 32.7 Å². The Labute approximate surface area is 235 Å². The molecule has 0 saturated heterocycles. The summed E-state index contributed by atoms with van der Waals surface area (Å²) < 4.78 is 347. The van der Waals surface area contributed by atoms with Crippen LogP contribution in [0.25, 0.3) is 0 Å². The van der Waals surface area contributed by atoms with E-state index in [1.807, 2.05) is 0 Å². The zero-order valence-electron chi connectivity index (χ0n) is 19.0. The fourth-order valence-electron chi connectivity index (χ4n) is 2.29. The number of hydrogen-bond donors (Lipinski definition) is 0. The third-order valence-corrected chi connectivity index (χ3v) is 11.8. The molecule has 0 aliphatic carbocycles. The van der Waals surface area contributed by atoms with Gasteiger partial charge in [-0.1, -0.05) is 0 Å². The summed E-state index contributed by atoms with van der Waals surface area (Å²) in [6, 6.07) is 0. The van der Waals surface area contributed by atoms with Crippen LogP contribution in [0.2, 0.25) is 0 Å². The summed E-state index contributed by atoms with van der Waals surface area (Å²) in [7, 11) is -8.27. The van der Waals surface area contributed by atoms with E-state index in [0.29, 0.717) is 0 Å². The van der Waals surface area contributed by atoms with E-state index < -0.39 is 114 Å². The van der Waals surface area contributed by atoms with Gasteiger partial charge in [-0.2, -0.15) is 105 Å². The van der Waals surface area contributed by atoms with Gasteiger partial charge in [-0.25, -0.2) is 13.2 Å². The second-order valence-corrected chi connectivity index (χ2v) is 14.0. The molecule has 0 amide bonds. The maximum Gasteiger partial charge on any atom is 0.526 e. The third kappa shape index (κ3) is 5.69. The fraction of sp³-hybridized carbons (Fsp3) is 0.600. The van der Waals surface area contributed by atoms with E-state index in [2.05, 4.69) is 2.51 Å². The monoisotopic (exact) mass is 862 g/mol. The van der Waals surface area contributed by atoms with Crippen molar-refractivity contribution in [1.29, 1.82) is 0 Å². The van der Waals surface area contributed by atoms with E-state index in [-0.39, 0.29) is 0 Å². The Morgan fingerprint density at radius 3 is 0.978 bits per heavy atom. The molecule has 3 nitrogen and oxygen atoms in total. The van der Waals surface area contributed by atoms with Crippen molar-refractivity contribution >= 4 is 10.1 Å². The minimum atomic E-state index is -9.41. The topological polar surface area (TPSA) is 43.4 Å². The van der Waals surface area contributed by atoms with Crippen molar-refractivity contribution in [3.05, 3.63) is 32.7 Å². The number of alkyl halides is 21. The lowest BCUT2D eigenvalue weighted by Gasteiger charge is -2.41. The molecule has 0 aliphatic heterocycles. The Hall–Kier alpha value is -1.89. The number of rotatable bonds is 10. The van der Waals surface area contributed by atoms with E-state index in [4.69, 9.17) is 0 Å². The molecule has 1 aromatic carbocycles. The van der Waals surface area contributed by atoms with Crippen LogP contribution in [0.5, 0.6) is 0 Å². The first-order valence-corrected chi connectivity index (χ1v) is 13.7. The number of halogens is 26. The SMILES string of the molecule is O=S(=O)(O[I+](c1c(F)c(F)c(F)c(F)c1F)C(F)(F)C(F)(F)C(F)(F)C(F)(F)C(F)(F)C(F)(F)C(F)(F)C(F)(F)F)C(F)(F)F. The zero-order chi connectivity index (χ0) is 36.7. The molecule has 1 aromatic rings. The van der Waals surface area contributed by atoms with Crippen molar-refractivity contribution in [3.8, 4) is 0 Å². The smallest absolute Gasteiger partial charge is 0.200 e. The highest BCUT2D eigenvalue weighted by atomic mass is 127. The molecule has 265 valence electrons. The highest BCUT2D eigenvalue weighted by molar-refractivity contribution is 7.87. The van der Waals surface area contributed by atoms with Gasteiger partial charge >= 0.3 is 81.5 Å². The minimum absolute atomic E-state index is 2.27. The van der Waals surface area contributed by atoms with Crippen molar-refractivity contribution in [1.82, 2.24) is 0 Å². The van der Waals surface area contributed by atoms with Crippen LogP contribution in [0.15, 0.2) is 0 Å². The predicted octanol–water partition coefficient (Wildman–Crippen LogP) is 4.92. The van der Waals surface area contributed by atoms with E-state index in [1.54, 1.807) is 0 Å². The second-order valence-electron chi connectivity index (χ2n) is 7.54. The summed E-state index contributed by atoms with van der Waals surface area (Å²) in [4.78, 5) is 0. The lowest BCUT2D eigenvalue weighted by atomic mass is 9.91. The molecule has 0 fully saturated rings. The third-order valence-electron chi connectivity index (χ3n) is 4.66. The molecule has 45 heavy (non-hydrogen) atoms. The average Bonchev–Trinajstić information content (AvgIpc) is 2.83. The van der Waals surface area contributed by atoms with Gasteiger partial charge < -0.3 is 0 Å². The van der Waals surface area contributed by atoms with Crippen LogP contribution in [-0.4, -0.2) is 59.6 Å². The first-order chi connectivity index (χ1) is 19.3. The Morgan fingerprint density at radius 2 is 0.689 bits per heavy atom. The first-order valence-electron chi connectivity index (χ1n) is 9.21. The molecule has 0 aliphatic rings. The molecule has 0 heterocycles. The highest BCUT2D eigenvalue weighted by Crippen LogP contribution is 2.63. The van der Waals surface area contributed by atoms with Crippen LogP contribution >= 0.6 is 0 Å². The molecule has 0 aromatic heterocycles. The fourth-order valence-corrected chi connectivity index (χ4v) is 8.88. The second kappa shape index (κ2) is 11.1.